The highest BCUT2D eigenvalue weighted by Gasteiger charge is 2.30. The molecular formula is C17H28N4O4. The first-order chi connectivity index (χ1) is 11.9. The molecule has 2 aliphatic rings. The van der Waals surface area contributed by atoms with Crippen LogP contribution in [0.15, 0.2) is 0 Å². The summed E-state index contributed by atoms with van der Waals surface area (Å²) >= 11 is 0. The highest BCUT2D eigenvalue weighted by Crippen LogP contribution is 2.13. The van der Waals surface area contributed by atoms with Crippen LogP contribution in [-0.4, -0.2) is 83.6 Å². The molecule has 4 amide bonds. The van der Waals surface area contributed by atoms with Crippen molar-refractivity contribution in [2.75, 3.05) is 39.3 Å². The summed E-state index contributed by atoms with van der Waals surface area (Å²) in [5.74, 6) is -0.402. The molecule has 2 fully saturated rings. The van der Waals surface area contributed by atoms with Crippen LogP contribution in [0.1, 0.15) is 39.5 Å². The maximum atomic E-state index is 12.3. The molecule has 2 heterocycles. The van der Waals surface area contributed by atoms with Crippen molar-refractivity contribution in [2.24, 2.45) is 0 Å². The van der Waals surface area contributed by atoms with Crippen molar-refractivity contribution in [2.45, 2.75) is 45.6 Å². The maximum absolute atomic E-state index is 12.3. The molecule has 0 aliphatic carbocycles. The van der Waals surface area contributed by atoms with Gasteiger partial charge in [-0.3, -0.25) is 29.0 Å². The second-order valence-corrected chi connectivity index (χ2v) is 6.72. The van der Waals surface area contributed by atoms with Crippen LogP contribution in [0.4, 0.5) is 0 Å². The zero-order chi connectivity index (χ0) is 18.4. The summed E-state index contributed by atoms with van der Waals surface area (Å²) in [6.45, 7) is 6.97. The van der Waals surface area contributed by atoms with Crippen molar-refractivity contribution < 1.29 is 19.2 Å². The molecule has 0 radical (unpaired) electrons. The third kappa shape index (κ3) is 5.52. The lowest BCUT2D eigenvalue weighted by Crippen LogP contribution is -2.52. The van der Waals surface area contributed by atoms with E-state index in [1.54, 1.807) is 4.90 Å². The predicted octanol–water partition coefficient (Wildman–Crippen LogP) is -0.416. The number of carbonyl (C=O) groups is 4. The van der Waals surface area contributed by atoms with Crippen LogP contribution in [0.2, 0.25) is 0 Å². The van der Waals surface area contributed by atoms with Crippen molar-refractivity contribution in [1.82, 2.24) is 20.0 Å². The number of nitrogens with one attached hydrogen (secondary N) is 1. The topological polar surface area (TPSA) is 90.0 Å². The van der Waals surface area contributed by atoms with Crippen LogP contribution in [0.3, 0.4) is 0 Å². The van der Waals surface area contributed by atoms with Crippen LogP contribution in [0.25, 0.3) is 0 Å². The van der Waals surface area contributed by atoms with Crippen molar-refractivity contribution >= 4 is 23.6 Å². The van der Waals surface area contributed by atoms with Gasteiger partial charge in [-0.2, -0.15) is 0 Å². The lowest BCUT2D eigenvalue weighted by Gasteiger charge is -2.34. The Morgan fingerprint density at radius 3 is 2.24 bits per heavy atom. The van der Waals surface area contributed by atoms with Gasteiger partial charge in [-0.1, -0.05) is 6.92 Å². The van der Waals surface area contributed by atoms with Crippen LogP contribution in [0, 0.1) is 0 Å². The van der Waals surface area contributed by atoms with Crippen LogP contribution in [0.5, 0.6) is 0 Å². The Bertz CT molecular complexity index is 513. The Kier molecular flexibility index (Phi) is 6.92. The monoisotopic (exact) mass is 352 g/mol. The van der Waals surface area contributed by atoms with E-state index in [9.17, 15) is 19.2 Å². The minimum absolute atomic E-state index is 0.0141. The predicted molar refractivity (Wildman–Crippen MR) is 91.5 cm³/mol. The third-order valence-electron chi connectivity index (χ3n) is 4.82. The molecule has 1 N–H and O–H groups in total. The summed E-state index contributed by atoms with van der Waals surface area (Å²) in [5, 5.41) is 2.94. The summed E-state index contributed by atoms with van der Waals surface area (Å²) in [5.41, 5.74) is 0. The van der Waals surface area contributed by atoms with Gasteiger partial charge in [0.15, 0.2) is 0 Å². The number of imide groups is 1. The van der Waals surface area contributed by atoms with Gasteiger partial charge < -0.3 is 10.2 Å². The van der Waals surface area contributed by atoms with Gasteiger partial charge in [0.1, 0.15) is 0 Å². The van der Waals surface area contributed by atoms with Crippen LogP contribution >= 0.6 is 0 Å². The molecule has 1 unspecified atom stereocenters. The summed E-state index contributed by atoms with van der Waals surface area (Å²) in [4.78, 5) is 52.2. The van der Waals surface area contributed by atoms with Gasteiger partial charge in [0.2, 0.25) is 23.6 Å². The molecule has 2 saturated heterocycles. The highest BCUT2D eigenvalue weighted by molar-refractivity contribution is 6.02. The smallest absolute Gasteiger partial charge is 0.234 e. The minimum Gasteiger partial charge on any atom is -0.353 e. The number of carbonyl (C=O) groups excluding carboxylic acids is 4. The quantitative estimate of drug-likeness (QED) is 0.629. The SMILES string of the molecule is CCC(C)NC(=O)CN1CCN(C(=O)CCN2C(=O)CCC2=O)CC1. The maximum Gasteiger partial charge on any atom is 0.234 e. The molecule has 0 spiro atoms. The average Bonchev–Trinajstić information content (AvgIpc) is 2.91. The molecule has 140 valence electrons. The average molecular weight is 352 g/mol. The molecule has 0 aromatic carbocycles. The van der Waals surface area contributed by atoms with E-state index in [4.69, 9.17) is 0 Å². The molecular weight excluding hydrogens is 324 g/mol. The molecule has 2 rings (SSSR count). The van der Waals surface area contributed by atoms with E-state index in [0.29, 0.717) is 32.7 Å². The van der Waals surface area contributed by atoms with E-state index >= 15 is 0 Å². The Morgan fingerprint density at radius 2 is 1.68 bits per heavy atom. The Morgan fingerprint density at radius 1 is 1.08 bits per heavy atom. The van der Waals surface area contributed by atoms with Gasteiger partial charge in [-0.15, -0.1) is 0 Å². The summed E-state index contributed by atoms with van der Waals surface area (Å²) in [6.07, 6.45) is 1.58. The first-order valence-corrected chi connectivity index (χ1v) is 9.03. The molecule has 2 aliphatic heterocycles. The molecule has 8 heteroatoms. The van der Waals surface area contributed by atoms with Gasteiger partial charge in [0.05, 0.1) is 6.54 Å². The van der Waals surface area contributed by atoms with Gasteiger partial charge in [0.25, 0.3) is 0 Å². The lowest BCUT2D eigenvalue weighted by molar-refractivity contribution is -0.139. The molecule has 8 nitrogen and oxygen atoms in total. The molecule has 0 aromatic rings. The fraction of sp³-hybridized carbons (Fsp3) is 0.765. The fourth-order valence-corrected chi connectivity index (χ4v) is 3.02. The van der Waals surface area contributed by atoms with Gasteiger partial charge >= 0.3 is 0 Å². The molecule has 0 aromatic heterocycles. The summed E-state index contributed by atoms with van der Waals surface area (Å²) in [7, 11) is 0. The van der Waals surface area contributed by atoms with E-state index in [1.807, 2.05) is 18.7 Å². The first kappa shape index (κ1) is 19.4. The second kappa shape index (κ2) is 8.94. The highest BCUT2D eigenvalue weighted by atomic mass is 16.2. The Labute approximate surface area is 148 Å². The van der Waals surface area contributed by atoms with Gasteiger partial charge in [0, 0.05) is 58.0 Å². The minimum atomic E-state index is -0.185. The standard InChI is InChI=1S/C17H28N4O4/c1-3-13(2)18-14(22)12-19-8-10-20(11-9-19)15(23)6-7-21-16(24)4-5-17(21)25/h13H,3-12H2,1-2H3,(H,18,22). The van der Waals surface area contributed by atoms with E-state index in [2.05, 4.69) is 5.32 Å². The molecule has 1 atom stereocenters. The fourth-order valence-electron chi connectivity index (χ4n) is 3.02. The normalized spacial score (nSPS) is 20.1. The molecule has 25 heavy (non-hydrogen) atoms. The first-order valence-electron chi connectivity index (χ1n) is 9.03. The van der Waals surface area contributed by atoms with Crippen molar-refractivity contribution in [1.29, 1.82) is 0 Å². The van der Waals surface area contributed by atoms with Gasteiger partial charge in [-0.05, 0) is 13.3 Å². The van der Waals surface area contributed by atoms with E-state index in [0.717, 1.165) is 6.42 Å². The molecule has 0 saturated carbocycles. The third-order valence-corrected chi connectivity index (χ3v) is 4.82. The lowest BCUT2D eigenvalue weighted by atomic mass is 10.2. The van der Waals surface area contributed by atoms with Gasteiger partial charge in [-0.25, -0.2) is 0 Å². The zero-order valence-electron chi connectivity index (χ0n) is 15.1. The van der Waals surface area contributed by atoms with Crippen molar-refractivity contribution in [3.05, 3.63) is 0 Å². The molecule has 0 bridgehead atoms. The van der Waals surface area contributed by atoms with Crippen LogP contribution < -0.4 is 5.32 Å². The summed E-state index contributed by atoms with van der Waals surface area (Å²) < 4.78 is 0. The van der Waals surface area contributed by atoms with E-state index < -0.39 is 0 Å². The number of hydrogen-bond acceptors (Lipinski definition) is 5. The number of rotatable bonds is 7. The van der Waals surface area contributed by atoms with Crippen molar-refractivity contribution in [3.8, 4) is 0 Å². The number of piperazine rings is 1. The van der Waals surface area contributed by atoms with Crippen LogP contribution in [-0.2, 0) is 19.2 Å². The van der Waals surface area contributed by atoms with E-state index in [-0.39, 0.29) is 55.5 Å². The Hall–Kier alpha value is -1.96. The number of likely N-dealkylation sites (tertiary alicyclic amines) is 1. The van der Waals surface area contributed by atoms with Crippen molar-refractivity contribution in [3.63, 3.8) is 0 Å². The second-order valence-electron chi connectivity index (χ2n) is 6.72. The zero-order valence-corrected chi connectivity index (χ0v) is 15.1. The Balaban J connectivity index is 1.69. The number of hydrogen-bond donors (Lipinski definition) is 1. The number of amides is 4. The number of nitrogens with zero attached hydrogens (tertiary/aromatic N) is 3. The summed E-state index contributed by atoms with van der Waals surface area (Å²) in [6, 6.07) is 0.173. The largest absolute Gasteiger partial charge is 0.353 e. The van der Waals surface area contributed by atoms with E-state index in [1.165, 1.54) is 4.90 Å².